The molecule has 0 spiro atoms. The molecule has 0 unspecified atom stereocenters. The first-order valence-electron chi connectivity index (χ1n) is 7.01. The standard InChI is InChI=1S/C15H9N3O5S2/c19-14(12-3-4-13(25-12)18(20)21)17-15-16-9(6-24-15)8-1-2-10-11(5-8)23-7-22-10/h1-6H,7H2,(H,16,17,19). The lowest BCUT2D eigenvalue weighted by Crippen LogP contribution is -2.09. The molecule has 0 atom stereocenters. The van der Waals surface area contributed by atoms with E-state index in [1.54, 1.807) is 6.07 Å². The number of thiazole rings is 1. The molecule has 0 aliphatic carbocycles. The minimum absolute atomic E-state index is 0.0784. The Hall–Kier alpha value is -2.98. The van der Waals surface area contributed by atoms with Gasteiger partial charge in [-0.3, -0.25) is 20.2 Å². The average Bonchev–Trinajstić information content (AvgIpc) is 3.33. The van der Waals surface area contributed by atoms with Crippen molar-refractivity contribution in [2.24, 2.45) is 0 Å². The number of anilines is 1. The topological polar surface area (TPSA) is 104 Å². The number of nitrogens with zero attached hydrogens (tertiary/aromatic N) is 2. The van der Waals surface area contributed by atoms with Crippen molar-refractivity contribution in [1.82, 2.24) is 4.98 Å². The van der Waals surface area contributed by atoms with E-state index in [0.717, 1.165) is 16.9 Å². The van der Waals surface area contributed by atoms with E-state index >= 15 is 0 Å². The molecule has 0 saturated carbocycles. The van der Waals surface area contributed by atoms with Gasteiger partial charge in [0.2, 0.25) is 6.79 Å². The van der Waals surface area contributed by atoms with Crippen LogP contribution in [-0.4, -0.2) is 22.6 Å². The van der Waals surface area contributed by atoms with Gasteiger partial charge in [-0.15, -0.1) is 11.3 Å². The summed E-state index contributed by atoms with van der Waals surface area (Å²) in [5.41, 5.74) is 1.53. The van der Waals surface area contributed by atoms with Crippen molar-refractivity contribution < 1.29 is 19.2 Å². The smallest absolute Gasteiger partial charge is 0.324 e. The number of fused-ring (bicyclic) bond motifs is 1. The lowest BCUT2D eigenvalue weighted by Gasteiger charge is -2.00. The van der Waals surface area contributed by atoms with Crippen LogP contribution >= 0.6 is 22.7 Å². The van der Waals surface area contributed by atoms with Gasteiger partial charge in [0.05, 0.1) is 15.5 Å². The Balaban J connectivity index is 1.51. The van der Waals surface area contributed by atoms with Crippen LogP contribution in [0.25, 0.3) is 11.3 Å². The summed E-state index contributed by atoms with van der Waals surface area (Å²) < 4.78 is 10.6. The minimum Gasteiger partial charge on any atom is -0.454 e. The Kier molecular flexibility index (Phi) is 3.82. The van der Waals surface area contributed by atoms with Gasteiger partial charge in [-0.25, -0.2) is 4.98 Å². The first-order chi connectivity index (χ1) is 12.1. The molecule has 1 amide bonds. The summed E-state index contributed by atoms with van der Waals surface area (Å²) in [6, 6.07) is 8.21. The van der Waals surface area contributed by atoms with E-state index in [0.29, 0.717) is 22.3 Å². The van der Waals surface area contributed by atoms with Crippen LogP contribution in [0.2, 0.25) is 0 Å². The number of nitrogens with one attached hydrogen (secondary N) is 1. The van der Waals surface area contributed by atoms with Gasteiger partial charge in [-0.1, -0.05) is 11.3 Å². The lowest BCUT2D eigenvalue weighted by molar-refractivity contribution is -0.380. The number of benzene rings is 1. The number of thiophene rings is 1. The maximum atomic E-state index is 12.2. The Morgan fingerprint density at radius 2 is 2.08 bits per heavy atom. The second-order valence-corrected chi connectivity index (χ2v) is 6.88. The molecule has 10 heteroatoms. The fraction of sp³-hybridized carbons (Fsp3) is 0.0667. The largest absolute Gasteiger partial charge is 0.454 e. The number of carbonyl (C=O) groups excluding carboxylic acids is 1. The third-order valence-corrected chi connectivity index (χ3v) is 5.18. The third kappa shape index (κ3) is 3.04. The number of amides is 1. The van der Waals surface area contributed by atoms with Crippen LogP contribution in [0.1, 0.15) is 9.67 Å². The highest BCUT2D eigenvalue weighted by Gasteiger charge is 2.18. The van der Waals surface area contributed by atoms with Crippen LogP contribution in [0.4, 0.5) is 10.1 Å². The van der Waals surface area contributed by atoms with Crippen LogP contribution in [0.3, 0.4) is 0 Å². The molecular weight excluding hydrogens is 366 g/mol. The third-order valence-electron chi connectivity index (χ3n) is 3.39. The summed E-state index contributed by atoms with van der Waals surface area (Å²) in [5, 5.41) is 15.5. The average molecular weight is 375 g/mol. The quantitative estimate of drug-likeness (QED) is 0.550. The van der Waals surface area contributed by atoms with Gasteiger partial charge in [0, 0.05) is 17.0 Å². The maximum Gasteiger partial charge on any atom is 0.324 e. The zero-order chi connectivity index (χ0) is 17.4. The van der Waals surface area contributed by atoms with Gasteiger partial charge in [-0.2, -0.15) is 0 Å². The monoisotopic (exact) mass is 375 g/mol. The van der Waals surface area contributed by atoms with Crippen LogP contribution in [0.5, 0.6) is 11.5 Å². The van der Waals surface area contributed by atoms with Gasteiger partial charge in [0.25, 0.3) is 5.91 Å². The molecule has 25 heavy (non-hydrogen) atoms. The fourth-order valence-corrected chi connectivity index (χ4v) is 3.66. The van der Waals surface area contributed by atoms with Gasteiger partial charge in [0.1, 0.15) is 0 Å². The summed E-state index contributed by atoms with van der Waals surface area (Å²) in [7, 11) is 0. The second kappa shape index (κ2) is 6.15. The van der Waals surface area contributed by atoms with Crippen LogP contribution in [0.15, 0.2) is 35.7 Å². The van der Waals surface area contributed by atoms with E-state index in [1.165, 1.54) is 23.5 Å². The number of aromatic nitrogens is 1. The molecule has 1 N–H and O–H groups in total. The van der Waals surface area contributed by atoms with Gasteiger partial charge < -0.3 is 9.47 Å². The highest BCUT2D eigenvalue weighted by molar-refractivity contribution is 7.17. The Bertz CT molecular complexity index is 981. The van der Waals surface area contributed by atoms with Crippen LogP contribution in [-0.2, 0) is 0 Å². The van der Waals surface area contributed by atoms with E-state index in [1.807, 2.05) is 17.5 Å². The molecule has 8 nitrogen and oxygen atoms in total. The number of hydrogen-bond donors (Lipinski definition) is 1. The second-order valence-electron chi connectivity index (χ2n) is 4.96. The zero-order valence-electron chi connectivity index (χ0n) is 12.4. The molecule has 1 aliphatic heterocycles. The normalized spacial score (nSPS) is 12.2. The van der Waals surface area contributed by atoms with E-state index in [2.05, 4.69) is 10.3 Å². The number of carbonyl (C=O) groups is 1. The summed E-state index contributed by atoms with van der Waals surface area (Å²) in [6.45, 7) is 0.199. The van der Waals surface area contributed by atoms with E-state index < -0.39 is 10.8 Å². The Morgan fingerprint density at radius 1 is 1.24 bits per heavy atom. The minimum atomic E-state index is -0.525. The molecule has 0 bridgehead atoms. The Labute approximate surface area is 148 Å². The van der Waals surface area contributed by atoms with Gasteiger partial charge in [-0.05, 0) is 24.3 Å². The predicted molar refractivity (Wildman–Crippen MR) is 92.6 cm³/mol. The van der Waals surface area contributed by atoms with Crippen molar-refractivity contribution in [2.75, 3.05) is 12.1 Å². The molecule has 0 radical (unpaired) electrons. The predicted octanol–water partition coefficient (Wildman–Crippen LogP) is 3.76. The van der Waals surface area contributed by atoms with Gasteiger partial charge >= 0.3 is 5.00 Å². The Morgan fingerprint density at radius 3 is 2.88 bits per heavy atom. The first kappa shape index (κ1) is 15.5. The molecule has 126 valence electrons. The maximum absolute atomic E-state index is 12.2. The van der Waals surface area contributed by atoms with Crippen molar-refractivity contribution in [1.29, 1.82) is 0 Å². The van der Waals surface area contributed by atoms with E-state index in [9.17, 15) is 14.9 Å². The summed E-state index contributed by atoms with van der Waals surface area (Å²) >= 11 is 2.09. The highest BCUT2D eigenvalue weighted by Crippen LogP contribution is 2.36. The molecule has 3 aromatic rings. The number of nitro groups is 1. The molecular formula is C15H9N3O5S2. The van der Waals surface area contributed by atoms with Crippen LogP contribution in [0, 0.1) is 10.1 Å². The zero-order valence-corrected chi connectivity index (χ0v) is 14.1. The number of rotatable bonds is 4. The lowest BCUT2D eigenvalue weighted by atomic mass is 10.1. The number of ether oxygens (including phenoxy) is 2. The van der Waals surface area contributed by atoms with Gasteiger partial charge in [0.15, 0.2) is 16.6 Å². The molecule has 0 fully saturated rings. The molecule has 0 saturated heterocycles. The molecule has 2 aromatic heterocycles. The first-order valence-corrected chi connectivity index (χ1v) is 8.71. The number of hydrogen-bond acceptors (Lipinski definition) is 8. The molecule has 3 heterocycles. The van der Waals surface area contributed by atoms with Crippen molar-refractivity contribution in [2.45, 2.75) is 0 Å². The van der Waals surface area contributed by atoms with Crippen molar-refractivity contribution in [3.05, 3.63) is 50.7 Å². The highest BCUT2D eigenvalue weighted by atomic mass is 32.1. The summed E-state index contributed by atoms with van der Waals surface area (Å²) in [4.78, 5) is 27.0. The van der Waals surface area contributed by atoms with Crippen molar-refractivity contribution >= 4 is 38.7 Å². The van der Waals surface area contributed by atoms with E-state index in [-0.39, 0.29) is 16.7 Å². The summed E-state index contributed by atoms with van der Waals surface area (Å²) in [5.74, 6) is 0.915. The molecule has 1 aromatic carbocycles. The van der Waals surface area contributed by atoms with Crippen molar-refractivity contribution in [3.8, 4) is 22.8 Å². The SMILES string of the molecule is O=C(Nc1nc(-c2ccc3c(c2)OCO3)cs1)c1ccc([N+](=O)[O-])s1. The molecule has 1 aliphatic rings. The van der Waals surface area contributed by atoms with E-state index in [4.69, 9.17) is 9.47 Å². The molecule has 4 rings (SSSR count). The fourth-order valence-electron chi connectivity index (χ4n) is 2.23. The summed E-state index contributed by atoms with van der Waals surface area (Å²) in [6.07, 6.45) is 0. The van der Waals surface area contributed by atoms with Crippen molar-refractivity contribution in [3.63, 3.8) is 0 Å². The van der Waals surface area contributed by atoms with Crippen LogP contribution < -0.4 is 14.8 Å².